The highest BCUT2D eigenvalue weighted by atomic mass is 16.5. The second-order valence-corrected chi connectivity index (χ2v) is 6.67. The first-order valence-electron chi connectivity index (χ1n) is 7.78. The van der Waals surface area contributed by atoms with E-state index in [-0.39, 0.29) is 5.41 Å². The van der Waals surface area contributed by atoms with E-state index >= 15 is 0 Å². The fourth-order valence-electron chi connectivity index (χ4n) is 2.10. The van der Waals surface area contributed by atoms with Gasteiger partial charge in [0.25, 0.3) is 0 Å². The molecule has 0 aliphatic carbocycles. The van der Waals surface area contributed by atoms with Crippen LogP contribution >= 0.6 is 0 Å². The summed E-state index contributed by atoms with van der Waals surface area (Å²) in [7, 11) is 0. The Morgan fingerprint density at radius 1 is 1.30 bits per heavy atom. The van der Waals surface area contributed by atoms with Crippen molar-refractivity contribution >= 4 is 5.97 Å². The number of imidazole rings is 1. The number of aryl methyl sites for hydroxylation is 2. The standard InChI is InChI=1S/C19H24N2O2/c1-6-7-12-21-13-16(19(3,4)5)20-17(21)18(22)23-15-10-8-14(2)9-11-15/h6,8-11,13H,1,7,12H2,2-5H3. The van der Waals surface area contributed by atoms with Crippen LogP contribution in [0.1, 0.15) is 49.1 Å². The first-order chi connectivity index (χ1) is 10.8. The summed E-state index contributed by atoms with van der Waals surface area (Å²) >= 11 is 0. The summed E-state index contributed by atoms with van der Waals surface area (Å²) in [6, 6.07) is 7.39. The van der Waals surface area contributed by atoms with Gasteiger partial charge in [-0.3, -0.25) is 0 Å². The number of ether oxygens (including phenoxy) is 1. The van der Waals surface area contributed by atoms with Crippen LogP contribution in [0.4, 0.5) is 0 Å². The largest absolute Gasteiger partial charge is 0.421 e. The van der Waals surface area contributed by atoms with Crippen LogP contribution in [0.5, 0.6) is 5.75 Å². The highest BCUT2D eigenvalue weighted by Gasteiger charge is 2.24. The molecule has 0 bridgehead atoms. The molecule has 1 aromatic heterocycles. The third-order valence-corrected chi connectivity index (χ3v) is 3.53. The first-order valence-corrected chi connectivity index (χ1v) is 7.78. The van der Waals surface area contributed by atoms with E-state index in [9.17, 15) is 4.79 Å². The SMILES string of the molecule is C=CCCn1cc(C(C)(C)C)nc1C(=O)Oc1ccc(C)cc1. The van der Waals surface area contributed by atoms with Gasteiger partial charge in [-0.15, -0.1) is 6.58 Å². The molecule has 1 aromatic carbocycles. The molecule has 0 atom stereocenters. The lowest BCUT2D eigenvalue weighted by atomic mass is 9.93. The van der Waals surface area contributed by atoms with Gasteiger partial charge in [0.1, 0.15) is 5.75 Å². The molecule has 0 spiro atoms. The molecule has 2 rings (SSSR count). The number of hydrogen-bond donors (Lipinski definition) is 0. The fourth-order valence-corrected chi connectivity index (χ4v) is 2.10. The van der Waals surface area contributed by atoms with Crippen molar-refractivity contribution in [3.63, 3.8) is 0 Å². The number of esters is 1. The van der Waals surface area contributed by atoms with Crippen molar-refractivity contribution in [2.24, 2.45) is 0 Å². The van der Waals surface area contributed by atoms with Crippen LogP contribution in [0.15, 0.2) is 43.1 Å². The maximum Gasteiger partial charge on any atom is 0.379 e. The van der Waals surface area contributed by atoms with Crippen molar-refractivity contribution in [2.75, 3.05) is 0 Å². The minimum absolute atomic E-state index is 0.127. The molecule has 0 aliphatic rings. The minimum atomic E-state index is -0.437. The molecule has 0 unspecified atom stereocenters. The van der Waals surface area contributed by atoms with Crippen LogP contribution < -0.4 is 4.74 Å². The van der Waals surface area contributed by atoms with Crippen LogP contribution in [0.3, 0.4) is 0 Å². The first kappa shape index (κ1) is 17.0. The Hall–Kier alpha value is -2.36. The van der Waals surface area contributed by atoms with Gasteiger partial charge in [-0.1, -0.05) is 44.5 Å². The molecule has 0 saturated heterocycles. The monoisotopic (exact) mass is 312 g/mol. The van der Waals surface area contributed by atoms with Crippen molar-refractivity contribution in [1.82, 2.24) is 9.55 Å². The van der Waals surface area contributed by atoms with Gasteiger partial charge in [0.2, 0.25) is 5.82 Å². The number of aromatic nitrogens is 2. The van der Waals surface area contributed by atoms with Gasteiger partial charge in [0.15, 0.2) is 0 Å². The van der Waals surface area contributed by atoms with Crippen LogP contribution in [0.2, 0.25) is 0 Å². The molecule has 0 aliphatic heterocycles. The molecular formula is C19H24N2O2. The van der Waals surface area contributed by atoms with Crippen molar-refractivity contribution in [2.45, 2.75) is 46.1 Å². The number of rotatable bonds is 5. The van der Waals surface area contributed by atoms with E-state index in [2.05, 4.69) is 32.3 Å². The summed E-state index contributed by atoms with van der Waals surface area (Å²) in [5, 5.41) is 0. The van der Waals surface area contributed by atoms with Gasteiger partial charge in [-0.2, -0.15) is 0 Å². The van der Waals surface area contributed by atoms with Gasteiger partial charge in [-0.25, -0.2) is 9.78 Å². The summed E-state index contributed by atoms with van der Waals surface area (Å²) in [5.41, 5.74) is 1.86. The maximum atomic E-state index is 12.5. The van der Waals surface area contributed by atoms with Crippen LogP contribution in [-0.2, 0) is 12.0 Å². The Bertz CT molecular complexity index is 691. The van der Waals surface area contributed by atoms with Gasteiger partial charge >= 0.3 is 5.97 Å². The minimum Gasteiger partial charge on any atom is -0.421 e. The predicted octanol–water partition coefficient (Wildman–Crippen LogP) is 4.28. The van der Waals surface area contributed by atoms with Crippen molar-refractivity contribution < 1.29 is 9.53 Å². The zero-order chi connectivity index (χ0) is 17.0. The lowest BCUT2D eigenvalue weighted by Crippen LogP contribution is -2.16. The summed E-state index contributed by atoms with van der Waals surface area (Å²) in [5.74, 6) is 0.418. The van der Waals surface area contributed by atoms with Crippen molar-refractivity contribution in [3.8, 4) is 5.75 Å². The van der Waals surface area contributed by atoms with Gasteiger partial charge < -0.3 is 9.30 Å². The summed E-state index contributed by atoms with van der Waals surface area (Å²) in [6.45, 7) is 12.6. The Balaban J connectivity index is 2.28. The molecule has 4 heteroatoms. The molecule has 0 saturated carbocycles. The smallest absolute Gasteiger partial charge is 0.379 e. The number of nitrogens with zero attached hydrogens (tertiary/aromatic N) is 2. The molecular weight excluding hydrogens is 288 g/mol. The molecule has 0 fully saturated rings. The van der Waals surface area contributed by atoms with Crippen LogP contribution in [0, 0.1) is 6.92 Å². The molecule has 23 heavy (non-hydrogen) atoms. The Morgan fingerprint density at radius 3 is 2.52 bits per heavy atom. The van der Waals surface area contributed by atoms with E-state index in [1.54, 1.807) is 12.1 Å². The zero-order valence-electron chi connectivity index (χ0n) is 14.3. The molecule has 4 nitrogen and oxygen atoms in total. The normalized spacial score (nSPS) is 11.3. The maximum absolute atomic E-state index is 12.5. The summed E-state index contributed by atoms with van der Waals surface area (Å²) in [4.78, 5) is 17.0. The average Bonchev–Trinajstić information content (AvgIpc) is 2.92. The molecule has 2 aromatic rings. The van der Waals surface area contributed by atoms with Gasteiger partial charge in [0.05, 0.1) is 5.69 Å². The Kier molecular flexibility index (Phi) is 5.04. The van der Waals surface area contributed by atoms with E-state index in [4.69, 9.17) is 4.74 Å². The third-order valence-electron chi connectivity index (χ3n) is 3.53. The second kappa shape index (κ2) is 6.82. The van der Waals surface area contributed by atoms with E-state index in [1.807, 2.05) is 35.9 Å². The molecule has 0 radical (unpaired) electrons. The molecule has 0 amide bonds. The number of allylic oxidation sites excluding steroid dienone is 1. The lowest BCUT2D eigenvalue weighted by molar-refractivity contribution is 0.0716. The number of hydrogen-bond acceptors (Lipinski definition) is 3. The van der Waals surface area contributed by atoms with Gasteiger partial charge in [-0.05, 0) is 25.5 Å². The highest BCUT2D eigenvalue weighted by molar-refractivity contribution is 5.87. The van der Waals surface area contributed by atoms with Crippen LogP contribution in [0.25, 0.3) is 0 Å². The summed E-state index contributed by atoms with van der Waals surface area (Å²) in [6.07, 6.45) is 4.52. The zero-order valence-corrected chi connectivity index (χ0v) is 14.3. The van der Waals surface area contributed by atoms with Crippen molar-refractivity contribution in [3.05, 3.63) is 60.2 Å². The Labute approximate surface area is 137 Å². The van der Waals surface area contributed by atoms with E-state index in [0.717, 1.165) is 17.7 Å². The average molecular weight is 312 g/mol. The van der Waals surface area contributed by atoms with Gasteiger partial charge in [0, 0.05) is 18.2 Å². The summed E-state index contributed by atoms with van der Waals surface area (Å²) < 4.78 is 7.30. The molecule has 0 N–H and O–H groups in total. The number of carbonyl (C=O) groups excluding carboxylic acids is 1. The van der Waals surface area contributed by atoms with E-state index in [0.29, 0.717) is 18.1 Å². The third kappa shape index (κ3) is 4.31. The molecule has 122 valence electrons. The lowest BCUT2D eigenvalue weighted by Gasteiger charge is -2.14. The second-order valence-electron chi connectivity index (χ2n) is 6.67. The fraction of sp³-hybridized carbons (Fsp3) is 0.368. The number of benzene rings is 1. The highest BCUT2D eigenvalue weighted by Crippen LogP contribution is 2.22. The quantitative estimate of drug-likeness (QED) is 0.470. The topological polar surface area (TPSA) is 44.1 Å². The van der Waals surface area contributed by atoms with E-state index in [1.165, 1.54) is 0 Å². The van der Waals surface area contributed by atoms with Crippen molar-refractivity contribution in [1.29, 1.82) is 0 Å². The molecule has 1 heterocycles. The Morgan fingerprint density at radius 2 is 1.96 bits per heavy atom. The van der Waals surface area contributed by atoms with Crippen LogP contribution in [-0.4, -0.2) is 15.5 Å². The number of carbonyl (C=O) groups is 1. The van der Waals surface area contributed by atoms with E-state index < -0.39 is 5.97 Å². The predicted molar refractivity (Wildman–Crippen MR) is 91.9 cm³/mol.